The number of rotatable bonds is 8. The largest absolute Gasteiger partial charge is 0.370 e. The van der Waals surface area contributed by atoms with Gasteiger partial charge in [0, 0.05) is 30.9 Å². The molecule has 0 aromatic carbocycles. The summed E-state index contributed by atoms with van der Waals surface area (Å²) < 4.78 is 0. The summed E-state index contributed by atoms with van der Waals surface area (Å²) in [7, 11) is 0. The summed E-state index contributed by atoms with van der Waals surface area (Å²) in [6, 6.07) is 3.73. The highest BCUT2D eigenvalue weighted by molar-refractivity contribution is 5.95. The Morgan fingerprint density at radius 3 is 2.43 bits per heavy atom. The van der Waals surface area contributed by atoms with Gasteiger partial charge in [0.2, 0.25) is 0 Å². The van der Waals surface area contributed by atoms with Crippen LogP contribution in [0.4, 0.5) is 5.82 Å². The van der Waals surface area contributed by atoms with E-state index < -0.39 is 0 Å². The van der Waals surface area contributed by atoms with E-state index in [1.54, 1.807) is 0 Å². The van der Waals surface area contributed by atoms with Crippen molar-refractivity contribution in [2.24, 2.45) is 5.92 Å². The van der Waals surface area contributed by atoms with Gasteiger partial charge in [0.05, 0.1) is 0 Å². The molecule has 4 nitrogen and oxygen atoms in total. The summed E-state index contributed by atoms with van der Waals surface area (Å²) in [6.07, 6.45) is 2.22. The van der Waals surface area contributed by atoms with E-state index in [9.17, 15) is 4.79 Å². The first kappa shape index (κ1) is 17.5. The molecule has 0 saturated heterocycles. The number of anilines is 1. The molecular formula is C17H29N3O. The number of pyridine rings is 1. The van der Waals surface area contributed by atoms with Crippen LogP contribution in [-0.4, -0.2) is 35.4 Å². The van der Waals surface area contributed by atoms with Gasteiger partial charge in [-0.3, -0.25) is 4.79 Å². The molecular weight excluding hydrogens is 262 g/mol. The van der Waals surface area contributed by atoms with Crippen LogP contribution >= 0.6 is 0 Å². The lowest BCUT2D eigenvalue weighted by molar-refractivity contribution is 0.0735. The Hall–Kier alpha value is -1.58. The summed E-state index contributed by atoms with van der Waals surface area (Å²) in [5.74, 6) is 1.46. The summed E-state index contributed by atoms with van der Waals surface area (Å²) in [5.41, 5.74) is 1.60. The van der Waals surface area contributed by atoms with Gasteiger partial charge in [-0.15, -0.1) is 0 Å². The zero-order valence-corrected chi connectivity index (χ0v) is 14.1. The number of aryl methyl sites for hydroxylation is 1. The Morgan fingerprint density at radius 2 is 1.90 bits per heavy atom. The SMILES string of the molecule is CCNc1cc(C(=O)N(CC)CC(CC)CC)cc(C)n1. The molecule has 0 aliphatic rings. The van der Waals surface area contributed by atoms with Crippen molar-refractivity contribution >= 4 is 11.7 Å². The average molecular weight is 291 g/mol. The maximum absolute atomic E-state index is 12.7. The molecule has 1 amide bonds. The molecule has 1 aromatic heterocycles. The molecule has 0 saturated carbocycles. The van der Waals surface area contributed by atoms with Gasteiger partial charge in [-0.05, 0) is 38.8 Å². The number of carbonyl (C=O) groups is 1. The first-order chi connectivity index (χ1) is 10.0. The second-order valence-corrected chi connectivity index (χ2v) is 5.44. The number of nitrogens with zero attached hydrogens (tertiary/aromatic N) is 2. The van der Waals surface area contributed by atoms with Crippen molar-refractivity contribution in [1.82, 2.24) is 9.88 Å². The highest BCUT2D eigenvalue weighted by atomic mass is 16.2. The summed E-state index contributed by atoms with van der Waals surface area (Å²) in [4.78, 5) is 19.1. The lowest BCUT2D eigenvalue weighted by Crippen LogP contribution is -2.35. The van der Waals surface area contributed by atoms with E-state index in [1.807, 2.05) is 37.8 Å². The lowest BCUT2D eigenvalue weighted by Gasteiger charge is -2.25. The highest BCUT2D eigenvalue weighted by Crippen LogP contribution is 2.16. The van der Waals surface area contributed by atoms with E-state index in [-0.39, 0.29) is 5.91 Å². The third kappa shape index (κ3) is 5.03. The van der Waals surface area contributed by atoms with Crippen LogP contribution in [0.2, 0.25) is 0 Å². The van der Waals surface area contributed by atoms with Crippen molar-refractivity contribution in [3.63, 3.8) is 0 Å². The Morgan fingerprint density at radius 1 is 1.24 bits per heavy atom. The van der Waals surface area contributed by atoms with E-state index in [1.165, 1.54) is 0 Å². The third-order valence-electron chi connectivity index (χ3n) is 3.86. The number of amides is 1. The Labute approximate surface area is 129 Å². The van der Waals surface area contributed by atoms with Crippen molar-refractivity contribution in [1.29, 1.82) is 0 Å². The number of hydrogen-bond donors (Lipinski definition) is 1. The monoisotopic (exact) mass is 291 g/mol. The van der Waals surface area contributed by atoms with Crippen LogP contribution in [0.15, 0.2) is 12.1 Å². The zero-order chi connectivity index (χ0) is 15.8. The van der Waals surface area contributed by atoms with E-state index in [0.717, 1.165) is 49.6 Å². The maximum atomic E-state index is 12.7. The average Bonchev–Trinajstić information content (AvgIpc) is 2.48. The van der Waals surface area contributed by atoms with Crippen LogP contribution in [0.1, 0.15) is 56.6 Å². The molecule has 1 rings (SSSR count). The standard InChI is InChI=1S/C17H29N3O/c1-6-14(7-2)12-20(9-4)17(21)15-10-13(5)19-16(11-15)18-8-3/h10-11,14H,6-9,12H2,1-5H3,(H,18,19). The molecule has 118 valence electrons. The van der Waals surface area contributed by atoms with E-state index in [2.05, 4.69) is 24.1 Å². The van der Waals surface area contributed by atoms with Crippen LogP contribution in [0, 0.1) is 12.8 Å². The Balaban J connectivity index is 2.93. The van der Waals surface area contributed by atoms with Crippen molar-refractivity contribution in [3.05, 3.63) is 23.4 Å². The van der Waals surface area contributed by atoms with Crippen molar-refractivity contribution < 1.29 is 4.79 Å². The summed E-state index contributed by atoms with van der Waals surface area (Å²) in [6.45, 7) is 12.7. The van der Waals surface area contributed by atoms with Crippen LogP contribution in [0.3, 0.4) is 0 Å². The van der Waals surface area contributed by atoms with Crippen LogP contribution in [0.25, 0.3) is 0 Å². The molecule has 1 heterocycles. The molecule has 0 unspecified atom stereocenters. The Kier molecular flexibility index (Phi) is 7.20. The molecule has 0 spiro atoms. The van der Waals surface area contributed by atoms with E-state index in [0.29, 0.717) is 5.92 Å². The molecule has 1 N–H and O–H groups in total. The third-order valence-corrected chi connectivity index (χ3v) is 3.86. The number of nitrogens with one attached hydrogen (secondary N) is 1. The fourth-order valence-electron chi connectivity index (χ4n) is 2.46. The molecule has 21 heavy (non-hydrogen) atoms. The number of hydrogen-bond acceptors (Lipinski definition) is 3. The van der Waals surface area contributed by atoms with E-state index >= 15 is 0 Å². The normalized spacial score (nSPS) is 10.8. The fraction of sp³-hybridized carbons (Fsp3) is 0.647. The number of carbonyl (C=O) groups excluding carboxylic acids is 1. The predicted octanol–water partition coefficient (Wildman–Crippen LogP) is 3.72. The molecule has 0 radical (unpaired) electrons. The maximum Gasteiger partial charge on any atom is 0.254 e. The van der Waals surface area contributed by atoms with Crippen molar-refractivity contribution in [2.45, 2.75) is 47.5 Å². The van der Waals surface area contributed by atoms with Gasteiger partial charge in [-0.2, -0.15) is 0 Å². The summed E-state index contributed by atoms with van der Waals surface area (Å²) >= 11 is 0. The molecule has 0 aliphatic carbocycles. The topological polar surface area (TPSA) is 45.2 Å². The highest BCUT2D eigenvalue weighted by Gasteiger charge is 2.18. The van der Waals surface area contributed by atoms with Gasteiger partial charge in [-0.1, -0.05) is 26.7 Å². The van der Waals surface area contributed by atoms with E-state index in [4.69, 9.17) is 0 Å². The van der Waals surface area contributed by atoms with Gasteiger partial charge < -0.3 is 10.2 Å². The second kappa shape index (κ2) is 8.65. The van der Waals surface area contributed by atoms with Crippen molar-refractivity contribution in [3.8, 4) is 0 Å². The molecule has 0 aliphatic heterocycles. The predicted molar refractivity (Wildman–Crippen MR) is 88.8 cm³/mol. The molecule has 1 aromatic rings. The van der Waals surface area contributed by atoms with Gasteiger partial charge in [-0.25, -0.2) is 4.98 Å². The van der Waals surface area contributed by atoms with Gasteiger partial charge in [0.1, 0.15) is 5.82 Å². The van der Waals surface area contributed by atoms with Gasteiger partial charge >= 0.3 is 0 Å². The zero-order valence-electron chi connectivity index (χ0n) is 14.1. The Bertz CT molecular complexity index is 455. The second-order valence-electron chi connectivity index (χ2n) is 5.44. The van der Waals surface area contributed by atoms with Gasteiger partial charge in [0.25, 0.3) is 5.91 Å². The van der Waals surface area contributed by atoms with Crippen LogP contribution in [0.5, 0.6) is 0 Å². The number of aromatic nitrogens is 1. The minimum Gasteiger partial charge on any atom is -0.370 e. The smallest absolute Gasteiger partial charge is 0.254 e. The van der Waals surface area contributed by atoms with Gasteiger partial charge in [0.15, 0.2) is 0 Å². The molecule has 0 atom stereocenters. The quantitative estimate of drug-likeness (QED) is 0.794. The molecule has 0 fully saturated rings. The molecule has 4 heteroatoms. The van der Waals surface area contributed by atoms with Crippen molar-refractivity contribution in [2.75, 3.05) is 25.0 Å². The first-order valence-corrected chi connectivity index (χ1v) is 8.07. The minimum absolute atomic E-state index is 0.106. The van der Waals surface area contributed by atoms with Crippen LogP contribution < -0.4 is 5.32 Å². The lowest BCUT2D eigenvalue weighted by atomic mass is 10.0. The fourth-order valence-corrected chi connectivity index (χ4v) is 2.46. The first-order valence-electron chi connectivity index (χ1n) is 8.07. The minimum atomic E-state index is 0.106. The summed E-state index contributed by atoms with van der Waals surface area (Å²) in [5, 5.41) is 3.18. The molecule has 0 bridgehead atoms. The van der Waals surface area contributed by atoms with Crippen LogP contribution in [-0.2, 0) is 0 Å².